The highest BCUT2D eigenvalue weighted by Crippen LogP contribution is 2.14. The number of para-hydroxylation sites is 1. The van der Waals surface area contributed by atoms with E-state index in [0.717, 1.165) is 0 Å². The minimum atomic E-state index is -0.508. The maximum atomic E-state index is 13.2. The van der Waals surface area contributed by atoms with E-state index in [2.05, 4.69) is 22.1 Å². The SMILES string of the molecule is O=C(NCC#CCOc1ccccc1F)c1ccc[nH]c1=O. The Morgan fingerprint density at radius 3 is 2.82 bits per heavy atom. The van der Waals surface area contributed by atoms with Gasteiger partial charge in [-0.15, -0.1) is 0 Å². The van der Waals surface area contributed by atoms with Crippen LogP contribution >= 0.6 is 0 Å². The van der Waals surface area contributed by atoms with Crippen molar-refractivity contribution in [3.8, 4) is 17.6 Å². The molecular weight excluding hydrogens is 287 g/mol. The van der Waals surface area contributed by atoms with E-state index in [1.165, 1.54) is 24.4 Å². The van der Waals surface area contributed by atoms with Crippen LogP contribution in [0.15, 0.2) is 47.4 Å². The number of carbonyl (C=O) groups is 1. The first-order chi connectivity index (χ1) is 10.7. The molecule has 0 unspecified atom stereocenters. The van der Waals surface area contributed by atoms with E-state index in [1.54, 1.807) is 18.2 Å². The molecular formula is C16H13FN2O3. The molecule has 0 spiro atoms. The van der Waals surface area contributed by atoms with Crippen molar-refractivity contribution in [3.63, 3.8) is 0 Å². The van der Waals surface area contributed by atoms with Gasteiger partial charge >= 0.3 is 0 Å². The number of aromatic nitrogens is 1. The fourth-order valence-electron chi connectivity index (χ4n) is 1.61. The van der Waals surface area contributed by atoms with Gasteiger partial charge in [-0.25, -0.2) is 4.39 Å². The largest absolute Gasteiger partial charge is 0.478 e. The number of rotatable bonds is 4. The predicted octanol–water partition coefficient (Wildman–Crippen LogP) is 1.33. The average Bonchev–Trinajstić information content (AvgIpc) is 2.52. The van der Waals surface area contributed by atoms with Crippen LogP contribution in [0.25, 0.3) is 0 Å². The van der Waals surface area contributed by atoms with Crippen molar-refractivity contribution in [1.29, 1.82) is 0 Å². The Labute approximate surface area is 126 Å². The highest BCUT2D eigenvalue weighted by molar-refractivity contribution is 5.93. The topological polar surface area (TPSA) is 71.2 Å². The molecule has 1 amide bonds. The van der Waals surface area contributed by atoms with Crippen LogP contribution in [0, 0.1) is 17.7 Å². The Morgan fingerprint density at radius 1 is 1.23 bits per heavy atom. The Hall–Kier alpha value is -3.07. The number of benzene rings is 1. The molecule has 22 heavy (non-hydrogen) atoms. The summed E-state index contributed by atoms with van der Waals surface area (Å²) in [4.78, 5) is 25.5. The number of nitrogens with one attached hydrogen (secondary N) is 2. The molecule has 0 saturated carbocycles. The summed E-state index contributed by atoms with van der Waals surface area (Å²) >= 11 is 0. The van der Waals surface area contributed by atoms with Gasteiger partial charge in [0, 0.05) is 6.20 Å². The molecule has 0 saturated heterocycles. The number of carbonyl (C=O) groups excluding carboxylic acids is 1. The molecule has 0 aliphatic heterocycles. The first kappa shape index (κ1) is 15.3. The van der Waals surface area contributed by atoms with E-state index >= 15 is 0 Å². The number of hydrogen-bond acceptors (Lipinski definition) is 3. The quantitative estimate of drug-likeness (QED) is 0.837. The van der Waals surface area contributed by atoms with Crippen LogP contribution in [0.4, 0.5) is 4.39 Å². The Balaban J connectivity index is 1.78. The second-order valence-corrected chi connectivity index (χ2v) is 4.17. The van der Waals surface area contributed by atoms with Crippen LogP contribution in [0.1, 0.15) is 10.4 Å². The molecule has 6 heteroatoms. The van der Waals surface area contributed by atoms with Crippen molar-refractivity contribution in [2.45, 2.75) is 0 Å². The van der Waals surface area contributed by atoms with Crippen molar-refractivity contribution >= 4 is 5.91 Å². The summed E-state index contributed by atoms with van der Waals surface area (Å²) in [7, 11) is 0. The number of pyridine rings is 1. The third-order valence-corrected chi connectivity index (χ3v) is 2.66. The Bertz CT molecular complexity index is 774. The molecule has 1 aromatic heterocycles. The van der Waals surface area contributed by atoms with Gasteiger partial charge in [0.15, 0.2) is 11.6 Å². The number of aromatic amines is 1. The number of H-pyrrole nitrogens is 1. The van der Waals surface area contributed by atoms with Crippen molar-refractivity contribution < 1.29 is 13.9 Å². The van der Waals surface area contributed by atoms with Crippen LogP contribution in [0.3, 0.4) is 0 Å². The Kier molecular flexibility index (Phi) is 5.32. The predicted molar refractivity (Wildman–Crippen MR) is 79.1 cm³/mol. The second kappa shape index (κ2) is 7.64. The fourth-order valence-corrected chi connectivity index (χ4v) is 1.61. The maximum absolute atomic E-state index is 13.2. The monoisotopic (exact) mass is 300 g/mol. The molecule has 0 bridgehead atoms. The van der Waals surface area contributed by atoms with Crippen molar-refractivity contribution in [2.75, 3.05) is 13.2 Å². The zero-order valence-electron chi connectivity index (χ0n) is 11.6. The van der Waals surface area contributed by atoms with E-state index in [4.69, 9.17) is 4.74 Å². The van der Waals surface area contributed by atoms with Gasteiger partial charge in [0.25, 0.3) is 11.5 Å². The van der Waals surface area contributed by atoms with E-state index < -0.39 is 17.3 Å². The molecule has 0 fully saturated rings. The first-order valence-electron chi connectivity index (χ1n) is 6.47. The van der Waals surface area contributed by atoms with E-state index in [0.29, 0.717) is 0 Å². The van der Waals surface area contributed by atoms with Crippen molar-refractivity contribution in [2.24, 2.45) is 0 Å². The standard InChI is InChI=1S/C16H13FN2O3/c17-13-7-1-2-8-14(13)22-11-4-3-9-18-15(20)12-6-5-10-19-16(12)21/h1-2,5-8,10H,9,11H2,(H,18,20)(H,19,21). The smallest absolute Gasteiger partial charge is 0.260 e. The molecule has 1 aromatic carbocycles. The zero-order chi connectivity index (χ0) is 15.8. The number of amides is 1. The van der Waals surface area contributed by atoms with Crippen LogP contribution < -0.4 is 15.6 Å². The van der Waals surface area contributed by atoms with Crippen LogP contribution in [-0.2, 0) is 0 Å². The second-order valence-electron chi connectivity index (χ2n) is 4.17. The van der Waals surface area contributed by atoms with Gasteiger partial charge in [-0.1, -0.05) is 24.0 Å². The summed E-state index contributed by atoms with van der Waals surface area (Å²) < 4.78 is 18.4. The third-order valence-electron chi connectivity index (χ3n) is 2.66. The maximum Gasteiger partial charge on any atom is 0.260 e. The first-order valence-corrected chi connectivity index (χ1v) is 6.47. The molecule has 0 aliphatic carbocycles. The van der Waals surface area contributed by atoms with Gasteiger partial charge in [-0.2, -0.15) is 0 Å². The molecule has 0 aliphatic rings. The van der Waals surface area contributed by atoms with Crippen LogP contribution in [-0.4, -0.2) is 24.0 Å². The van der Waals surface area contributed by atoms with Crippen molar-refractivity contribution in [3.05, 3.63) is 64.3 Å². The van der Waals surface area contributed by atoms with Gasteiger partial charge in [0.05, 0.1) is 6.54 Å². The van der Waals surface area contributed by atoms with Crippen LogP contribution in [0.2, 0.25) is 0 Å². The molecule has 2 N–H and O–H groups in total. The Morgan fingerprint density at radius 2 is 2.05 bits per heavy atom. The highest BCUT2D eigenvalue weighted by atomic mass is 19.1. The van der Waals surface area contributed by atoms with E-state index in [1.807, 2.05) is 0 Å². The van der Waals surface area contributed by atoms with Crippen molar-refractivity contribution in [1.82, 2.24) is 10.3 Å². The summed E-state index contributed by atoms with van der Waals surface area (Å²) in [5.74, 6) is 4.45. The average molecular weight is 300 g/mol. The lowest BCUT2D eigenvalue weighted by Crippen LogP contribution is -2.29. The zero-order valence-corrected chi connectivity index (χ0v) is 11.6. The van der Waals surface area contributed by atoms with E-state index in [-0.39, 0.29) is 24.5 Å². The van der Waals surface area contributed by atoms with Gasteiger partial charge in [0.1, 0.15) is 12.2 Å². The number of hydrogen-bond donors (Lipinski definition) is 2. The molecule has 1 heterocycles. The summed E-state index contributed by atoms with van der Waals surface area (Å²) in [6.45, 7) is 0.0660. The molecule has 0 atom stereocenters. The van der Waals surface area contributed by atoms with Gasteiger partial charge in [-0.05, 0) is 24.3 Å². The number of ether oxygens (including phenoxy) is 1. The summed E-state index contributed by atoms with van der Waals surface area (Å²) in [5.41, 5.74) is -0.442. The lowest BCUT2D eigenvalue weighted by atomic mass is 10.2. The van der Waals surface area contributed by atoms with Gasteiger partial charge < -0.3 is 15.0 Å². The minimum absolute atomic E-state index is 0.00270. The molecule has 2 rings (SSSR count). The molecule has 0 radical (unpaired) electrons. The molecule has 5 nitrogen and oxygen atoms in total. The summed E-state index contributed by atoms with van der Waals surface area (Å²) in [6, 6.07) is 8.99. The molecule has 112 valence electrons. The van der Waals surface area contributed by atoms with Gasteiger partial charge in [-0.3, -0.25) is 9.59 Å². The normalized spacial score (nSPS) is 9.50. The fraction of sp³-hybridized carbons (Fsp3) is 0.125. The lowest BCUT2D eigenvalue weighted by molar-refractivity contribution is 0.0957. The number of halogens is 1. The van der Waals surface area contributed by atoms with Gasteiger partial charge in [0.2, 0.25) is 0 Å². The lowest BCUT2D eigenvalue weighted by Gasteiger charge is -2.02. The third kappa shape index (κ3) is 4.21. The molecule has 2 aromatic rings. The highest BCUT2D eigenvalue weighted by Gasteiger charge is 2.07. The van der Waals surface area contributed by atoms with E-state index in [9.17, 15) is 14.0 Å². The van der Waals surface area contributed by atoms with Crippen LogP contribution in [0.5, 0.6) is 5.75 Å². The summed E-state index contributed by atoms with van der Waals surface area (Å²) in [6.07, 6.45) is 1.44. The minimum Gasteiger partial charge on any atom is -0.478 e. The summed E-state index contributed by atoms with van der Waals surface area (Å²) in [5, 5.41) is 2.49.